The SMILES string of the molecule is CC(C)[C@@H]1NC(=O)[C@H](C)[C@H](C)CC/C=C/c2cccc(c2)COC(=O)[C@@H]2CCCN(N2)C(=O)[C@H](Cc2cccc(O)c2)NC1=O.CC(C)[C@@H]1NC(=O)[C@H](C)[C@H](C)c2ccc(cc2)/C=C/CCOC(=O)[C@@H]2CCCN(N2)C(=O)[C@H](Cc2cccc(O)c2)NC1=O.CC(C)[C@@H]1NC(=O)[C@H](C)[C@H](C)c2ccc(cc2)CCCCOC(=O)[C@@H]2CCCN(N2)C(=O)[C@H](Cc2cccc(O)c2)NC1=O. The van der Waals surface area contributed by atoms with Gasteiger partial charge in [-0.15, -0.1) is 0 Å². The smallest absolute Gasteiger partial charge is 0.325 e. The van der Waals surface area contributed by atoms with Crippen LogP contribution in [0.2, 0.25) is 0 Å². The molecule has 0 aliphatic carbocycles. The van der Waals surface area contributed by atoms with Crippen LogP contribution in [0, 0.1) is 41.4 Å². The van der Waals surface area contributed by atoms with Crippen molar-refractivity contribution in [3.63, 3.8) is 0 Å². The molecule has 8 heterocycles. The minimum atomic E-state index is -1.03. The average Bonchev–Trinajstić information content (AvgIpc) is 0.823. The van der Waals surface area contributed by atoms with E-state index in [-0.39, 0.29) is 109 Å². The van der Waals surface area contributed by atoms with Crippen LogP contribution in [0.4, 0.5) is 0 Å². The van der Waals surface area contributed by atoms with Crippen molar-refractivity contribution >= 4 is 83.2 Å². The number of fused-ring (bicyclic) bond motifs is 33. The van der Waals surface area contributed by atoms with Crippen molar-refractivity contribution in [2.75, 3.05) is 32.8 Å². The molecule has 0 unspecified atom stereocenters. The van der Waals surface area contributed by atoms with Gasteiger partial charge in [0.05, 0.1) is 13.2 Å². The van der Waals surface area contributed by atoms with E-state index in [4.69, 9.17) is 14.2 Å². The number of allylic oxidation sites excluding steroid dienone is 1. The first-order chi connectivity index (χ1) is 63.6. The number of nitrogens with zero attached hydrogens (tertiary/aromatic N) is 3. The molecule has 8 aliphatic heterocycles. The largest absolute Gasteiger partial charge is 0.508 e. The van der Waals surface area contributed by atoms with Crippen LogP contribution >= 0.6 is 0 Å². The minimum Gasteiger partial charge on any atom is -0.508 e. The number of aryl methyl sites for hydroxylation is 1. The van der Waals surface area contributed by atoms with Crippen molar-refractivity contribution in [2.45, 2.75) is 252 Å². The molecule has 14 rings (SSSR count). The summed E-state index contributed by atoms with van der Waals surface area (Å²) >= 11 is 0. The third-order valence-corrected chi connectivity index (χ3v) is 25.8. The van der Waals surface area contributed by atoms with E-state index in [1.54, 1.807) is 48.5 Å². The van der Waals surface area contributed by atoms with Crippen LogP contribution in [0.1, 0.15) is 216 Å². The first kappa shape index (κ1) is 103. The number of amides is 9. The number of benzene rings is 6. The first-order valence-corrected chi connectivity index (χ1v) is 47.1. The van der Waals surface area contributed by atoms with Gasteiger partial charge in [-0.25, -0.2) is 16.3 Å². The number of nitrogens with one attached hydrogen (secondary N) is 9. The van der Waals surface area contributed by atoms with Gasteiger partial charge in [0.1, 0.15) is 78.2 Å². The predicted octanol–water partition coefficient (Wildman–Crippen LogP) is 10.7. The Labute approximate surface area is 781 Å². The summed E-state index contributed by atoms with van der Waals surface area (Å²) in [4.78, 5) is 162. The Morgan fingerprint density at radius 3 is 1.14 bits per heavy atom. The second kappa shape index (κ2) is 50.0. The van der Waals surface area contributed by atoms with E-state index >= 15 is 0 Å². The number of cyclic esters (lactones) is 1. The molecule has 30 heteroatoms. The summed E-state index contributed by atoms with van der Waals surface area (Å²) in [7, 11) is 0. The molecule has 133 heavy (non-hydrogen) atoms. The number of carbonyl (C=O) groups is 12. The van der Waals surface area contributed by atoms with E-state index in [0.29, 0.717) is 94.3 Å². The highest BCUT2D eigenvalue weighted by molar-refractivity contribution is 5.96. The fourth-order valence-corrected chi connectivity index (χ4v) is 16.8. The molecule has 0 radical (unpaired) electrons. The number of carbonyl (C=O) groups excluding carboxylic acids is 12. The quantitative estimate of drug-likeness (QED) is 0.0472. The zero-order chi connectivity index (χ0) is 96.1. The molecule has 3 fully saturated rings. The molecule has 9 amide bonds. The number of ether oxygens (including phenoxy) is 3. The van der Waals surface area contributed by atoms with Crippen LogP contribution in [0.5, 0.6) is 17.2 Å². The van der Waals surface area contributed by atoms with Gasteiger partial charge in [0.15, 0.2) is 0 Å². The summed E-state index contributed by atoms with van der Waals surface area (Å²) in [6.45, 7) is 24.3. The molecular weight excluding hydrogens is 1690 g/mol. The highest BCUT2D eigenvalue weighted by atomic mass is 16.5. The second-order valence-corrected chi connectivity index (χ2v) is 37.1. The third kappa shape index (κ3) is 30.4. The van der Waals surface area contributed by atoms with E-state index in [9.17, 15) is 72.9 Å². The van der Waals surface area contributed by atoms with E-state index in [2.05, 4.69) is 66.4 Å². The van der Waals surface area contributed by atoms with Crippen LogP contribution in [-0.4, -0.2) is 189 Å². The molecule has 6 aromatic carbocycles. The maximum Gasteiger partial charge on any atom is 0.325 e. The number of hydrogen-bond donors (Lipinski definition) is 12. The number of rotatable bonds is 9. The van der Waals surface area contributed by atoms with Crippen molar-refractivity contribution in [3.8, 4) is 17.2 Å². The summed E-state index contributed by atoms with van der Waals surface area (Å²) in [6.07, 6.45) is 16.1. The van der Waals surface area contributed by atoms with E-state index < -0.39 is 120 Å². The van der Waals surface area contributed by atoms with E-state index in [1.807, 2.05) is 162 Å². The molecule has 716 valence electrons. The molecule has 12 N–H and O–H groups in total. The molecule has 0 saturated carbocycles. The fraction of sp³-hybridized carbons (Fsp3) is 0.495. The Balaban J connectivity index is 0.000000207. The molecule has 12 bridgehead atoms. The van der Waals surface area contributed by atoms with Gasteiger partial charge in [-0.2, -0.15) is 0 Å². The van der Waals surface area contributed by atoms with Gasteiger partial charge in [0.25, 0.3) is 17.7 Å². The minimum absolute atomic E-state index is 0.0403. The summed E-state index contributed by atoms with van der Waals surface area (Å²) < 4.78 is 16.7. The zero-order valence-corrected chi connectivity index (χ0v) is 78.7. The van der Waals surface area contributed by atoms with Crippen molar-refractivity contribution < 1.29 is 87.1 Å². The Kier molecular flexibility index (Phi) is 38.6. The summed E-state index contributed by atoms with van der Waals surface area (Å²) in [6, 6.07) is 35.7. The topological polar surface area (TPSA) is 411 Å². The average molecular weight is 1830 g/mol. The van der Waals surface area contributed by atoms with Gasteiger partial charge >= 0.3 is 17.9 Å². The number of aromatic hydroxyl groups is 3. The summed E-state index contributed by atoms with van der Waals surface area (Å²) in [5.41, 5.74) is 17.0. The normalized spacial score (nSPS) is 26.5. The van der Waals surface area contributed by atoms with Crippen LogP contribution < -0.4 is 48.2 Å². The predicted molar refractivity (Wildman–Crippen MR) is 505 cm³/mol. The van der Waals surface area contributed by atoms with Crippen molar-refractivity contribution in [3.05, 3.63) is 208 Å². The van der Waals surface area contributed by atoms with Gasteiger partial charge in [-0.1, -0.05) is 211 Å². The monoisotopic (exact) mass is 1830 g/mol. The van der Waals surface area contributed by atoms with E-state index in [1.165, 1.54) is 44.9 Å². The lowest BCUT2D eigenvalue weighted by Gasteiger charge is -2.35. The molecule has 8 aliphatic rings. The molecule has 0 spiro atoms. The fourth-order valence-electron chi connectivity index (χ4n) is 16.8. The summed E-state index contributed by atoms with van der Waals surface area (Å²) in [5.74, 6) is -6.67. The van der Waals surface area contributed by atoms with Gasteiger partial charge in [0, 0.05) is 56.7 Å². The molecular formula is C103H136N12O18. The Bertz CT molecular complexity index is 5040. The molecule has 15 atom stereocenters. The van der Waals surface area contributed by atoms with Crippen LogP contribution in [0.3, 0.4) is 0 Å². The lowest BCUT2D eigenvalue weighted by atomic mass is 9.87. The molecule has 3 saturated heterocycles. The highest BCUT2D eigenvalue weighted by Gasteiger charge is 2.41. The lowest BCUT2D eigenvalue weighted by molar-refractivity contribution is -0.155. The number of esters is 3. The Hall–Kier alpha value is -12.3. The Morgan fingerprint density at radius 1 is 0.353 bits per heavy atom. The van der Waals surface area contributed by atoms with Gasteiger partial charge in [0.2, 0.25) is 35.4 Å². The van der Waals surface area contributed by atoms with Crippen molar-refractivity contribution in [1.29, 1.82) is 0 Å². The molecule has 6 aromatic rings. The zero-order valence-electron chi connectivity index (χ0n) is 78.7. The standard InChI is InChI=1S/C35H46N4O6.C34H46N4O6.C34H44N4O6/c1-22(2)31-33(42)36-30(20-26-13-8-15-28(40)19-26)34(43)39-17-9-16-29(38-39)35(44)45-21-27-14-7-12-25(18-27)11-6-5-10-23(3)24(4)32(41)37-31;2*1-21(2)30-32(41)35-29(20-25-10-7-11-27(39)19-25)33(42)38-17-8-12-28(37-38)34(43)44-18-6-5-9-24-13-15-26(16-14-24)22(3)23(4)31(40)36-30/h6-8,11-15,18-19,22-24,29-31,38,40H,5,9-10,16-17,20-21H2,1-4H3,(H,36,42)(H,37,41);7,10-11,13-16,19,21-23,28-30,37,39H,5-6,8-9,12,17-18,20H2,1-4H3,(H,35,41)(H,36,40);5,7,9-11,13-16,19,21-23,28-30,37,39H,6,8,12,17-18,20H2,1-4H3,(H,35,41)(H,36,40)/b11-6+;;9-5+/t23-,24-,29+,30+,31+;2*22-,23+,28-,29-,30-/m100/s1. The van der Waals surface area contributed by atoms with Crippen LogP contribution in [-0.2, 0) is 104 Å². The van der Waals surface area contributed by atoms with Gasteiger partial charge in [-0.05, 0) is 205 Å². The van der Waals surface area contributed by atoms with E-state index in [0.717, 1.165) is 53.5 Å². The molecule has 30 nitrogen and oxygen atoms in total. The maximum absolute atomic E-state index is 13.9. The number of phenols is 3. The van der Waals surface area contributed by atoms with Crippen molar-refractivity contribution in [2.24, 2.45) is 41.4 Å². The lowest BCUT2D eigenvalue weighted by Crippen LogP contribution is -2.62. The second-order valence-electron chi connectivity index (χ2n) is 37.1. The number of hydrogen-bond acceptors (Lipinski definition) is 21. The van der Waals surface area contributed by atoms with Gasteiger partial charge < -0.3 is 61.4 Å². The van der Waals surface area contributed by atoms with Crippen molar-refractivity contribution in [1.82, 2.24) is 63.2 Å². The van der Waals surface area contributed by atoms with Gasteiger partial charge in [-0.3, -0.25) is 72.6 Å². The number of hydrazine groups is 3. The van der Waals surface area contributed by atoms with Crippen LogP contribution in [0.25, 0.3) is 12.2 Å². The summed E-state index contributed by atoms with van der Waals surface area (Å²) in [5, 5.41) is 51.6. The molecule has 0 aromatic heterocycles. The van der Waals surface area contributed by atoms with Crippen LogP contribution in [0.15, 0.2) is 158 Å². The highest BCUT2D eigenvalue weighted by Crippen LogP contribution is 2.30. The number of phenolic OH excluding ortho intramolecular Hbond substituents is 3. The first-order valence-electron chi connectivity index (χ1n) is 47.1. The maximum atomic E-state index is 13.9. The third-order valence-electron chi connectivity index (χ3n) is 25.8. The Morgan fingerprint density at radius 2 is 0.729 bits per heavy atom.